The molecule has 0 aromatic heterocycles. The van der Waals surface area contributed by atoms with Crippen LogP contribution in [-0.2, 0) is 13.1 Å². The standard InChI is InChI=1S/C28H33ClN2O4/c1-32-24-9-5-20(6-10-24)21-7-11-25(29)23(17-21)19-31-15-13-30(14-16-31)18-22-8-12-26(33-2)28(35-4)27(22)34-3/h5-12,17H,13-16,18-19H2,1-4H3. The normalized spacial score (nSPS) is 14.5. The molecule has 1 aliphatic rings. The van der Waals surface area contributed by atoms with Gasteiger partial charge in [0.2, 0.25) is 5.75 Å². The minimum atomic E-state index is 0.637. The summed E-state index contributed by atoms with van der Waals surface area (Å²) in [6.07, 6.45) is 0. The van der Waals surface area contributed by atoms with E-state index in [2.05, 4.69) is 40.1 Å². The number of halogens is 1. The highest BCUT2D eigenvalue weighted by Gasteiger charge is 2.22. The average molecular weight is 497 g/mol. The fourth-order valence-electron chi connectivity index (χ4n) is 4.53. The van der Waals surface area contributed by atoms with Crippen LogP contribution in [0.2, 0.25) is 5.02 Å². The van der Waals surface area contributed by atoms with Gasteiger partial charge in [-0.3, -0.25) is 9.80 Å². The smallest absolute Gasteiger partial charge is 0.203 e. The van der Waals surface area contributed by atoms with Crippen molar-refractivity contribution in [2.45, 2.75) is 13.1 Å². The Bertz CT molecular complexity index is 1130. The molecule has 1 fully saturated rings. The van der Waals surface area contributed by atoms with Gasteiger partial charge in [-0.25, -0.2) is 0 Å². The molecule has 0 bridgehead atoms. The van der Waals surface area contributed by atoms with Crippen LogP contribution >= 0.6 is 11.6 Å². The van der Waals surface area contributed by atoms with E-state index in [0.29, 0.717) is 11.5 Å². The fraction of sp³-hybridized carbons (Fsp3) is 0.357. The first-order valence-corrected chi connectivity index (χ1v) is 12.1. The molecule has 3 aromatic carbocycles. The quantitative estimate of drug-likeness (QED) is 0.397. The second-order valence-electron chi connectivity index (χ2n) is 8.58. The van der Waals surface area contributed by atoms with Crippen LogP contribution in [0.25, 0.3) is 11.1 Å². The van der Waals surface area contributed by atoms with Crippen molar-refractivity contribution in [3.8, 4) is 34.1 Å². The zero-order valence-corrected chi connectivity index (χ0v) is 21.6. The third-order valence-corrected chi connectivity index (χ3v) is 6.88. The number of benzene rings is 3. The van der Waals surface area contributed by atoms with Crippen LogP contribution in [0.3, 0.4) is 0 Å². The van der Waals surface area contributed by atoms with Crippen molar-refractivity contribution < 1.29 is 18.9 Å². The Morgan fingerprint density at radius 1 is 0.629 bits per heavy atom. The highest BCUT2D eigenvalue weighted by atomic mass is 35.5. The Balaban J connectivity index is 1.39. The summed E-state index contributed by atoms with van der Waals surface area (Å²) in [6.45, 7) is 5.50. The number of rotatable bonds is 9. The van der Waals surface area contributed by atoms with Crippen LogP contribution < -0.4 is 18.9 Å². The number of methoxy groups -OCH3 is 4. The lowest BCUT2D eigenvalue weighted by molar-refractivity contribution is 0.121. The summed E-state index contributed by atoms with van der Waals surface area (Å²) in [6, 6.07) is 18.4. The highest BCUT2D eigenvalue weighted by molar-refractivity contribution is 6.31. The van der Waals surface area contributed by atoms with E-state index in [-0.39, 0.29) is 0 Å². The first kappa shape index (κ1) is 25.2. The fourth-order valence-corrected chi connectivity index (χ4v) is 4.71. The highest BCUT2D eigenvalue weighted by Crippen LogP contribution is 2.40. The van der Waals surface area contributed by atoms with Gasteiger partial charge in [-0.05, 0) is 47.0 Å². The third kappa shape index (κ3) is 5.84. The van der Waals surface area contributed by atoms with E-state index in [1.54, 1.807) is 28.4 Å². The molecule has 0 radical (unpaired) electrons. The number of hydrogen-bond acceptors (Lipinski definition) is 6. The molecule has 0 atom stereocenters. The summed E-state index contributed by atoms with van der Waals surface area (Å²) in [5, 5.41) is 0.805. The molecule has 3 aromatic rings. The molecule has 0 saturated carbocycles. The predicted molar refractivity (Wildman–Crippen MR) is 140 cm³/mol. The van der Waals surface area contributed by atoms with E-state index in [1.807, 2.05) is 24.3 Å². The first-order valence-electron chi connectivity index (χ1n) is 11.7. The summed E-state index contributed by atoms with van der Waals surface area (Å²) in [5.41, 5.74) is 4.55. The van der Waals surface area contributed by atoms with Gasteiger partial charge in [-0.15, -0.1) is 0 Å². The van der Waals surface area contributed by atoms with Crippen LogP contribution in [0.1, 0.15) is 11.1 Å². The van der Waals surface area contributed by atoms with Gasteiger partial charge in [0, 0.05) is 49.9 Å². The summed E-state index contributed by atoms with van der Waals surface area (Å²) >= 11 is 6.58. The molecular formula is C28H33ClN2O4. The number of nitrogens with zero attached hydrogens (tertiary/aromatic N) is 2. The Morgan fingerprint density at radius 3 is 1.80 bits per heavy atom. The van der Waals surface area contributed by atoms with Crippen molar-refractivity contribution in [2.75, 3.05) is 54.6 Å². The molecular weight excluding hydrogens is 464 g/mol. The van der Waals surface area contributed by atoms with Gasteiger partial charge in [-0.1, -0.05) is 35.9 Å². The molecule has 0 spiro atoms. The van der Waals surface area contributed by atoms with Crippen molar-refractivity contribution in [3.05, 3.63) is 70.7 Å². The molecule has 1 heterocycles. The van der Waals surface area contributed by atoms with E-state index in [4.69, 9.17) is 30.5 Å². The van der Waals surface area contributed by atoms with Crippen LogP contribution in [0.15, 0.2) is 54.6 Å². The minimum absolute atomic E-state index is 0.637. The summed E-state index contributed by atoms with van der Waals surface area (Å²) in [5.74, 6) is 2.90. The molecule has 35 heavy (non-hydrogen) atoms. The van der Waals surface area contributed by atoms with Crippen molar-refractivity contribution in [1.82, 2.24) is 9.80 Å². The van der Waals surface area contributed by atoms with Crippen LogP contribution in [0.4, 0.5) is 0 Å². The maximum absolute atomic E-state index is 6.58. The van der Waals surface area contributed by atoms with Gasteiger partial charge in [0.05, 0.1) is 28.4 Å². The lowest BCUT2D eigenvalue weighted by Gasteiger charge is -2.35. The van der Waals surface area contributed by atoms with Crippen LogP contribution in [0.5, 0.6) is 23.0 Å². The Labute approximate surface area is 212 Å². The maximum atomic E-state index is 6.58. The Morgan fingerprint density at radius 2 is 1.23 bits per heavy atom. The number of ether oxygens (including phenoxy) is 4. The lowest BCUT2D eigenvalue weighted by Crippen LogP contribution is -2.45. The Hall–Kier alpha value is -2.93. The molecule has 0 unspecified atom stereocenters. The van der Waals surface area contributed by atoms with E-state index < -0.39 is 0 Å². The average Bonchev–Trinajstić information content (AvgIpc) is 2.90. The van der Waals surface area contributed by atoms with Gasteiger partial charge in [-0.2, -0.15) is 0 Å². The number of piperazine rings is 1. The monoisotopic (exact) mass is 496 g/mol. The lowest BCUT2D eigenvalue weighted by atomic mass is 10.0. The molecule has 1 aliphatic heterocycles. The van der Waals surface area contributed by atoms with Crippen molar-refractivity contribution in [3.63, 3.8) is 0 Å². The third-order valence-electron chi connectivity index (χ3n) is 6.51. The summed E-state index contributed by atoms with van der Waals surface area (Å²) in [7, 11) is 6.62. The maximum Gasteiger partial charge on any atom is 0.203 e. The van der Waals surface area contributed by atoms with Crippen molar-refractivity contribution in [2.24, 2.45) is 0 Å². The largest absolute Gasteiger partial charge is 0.497 e. The van der Waals surface area contributed by atoms with E-state index in [1.165, 1.54) is 0 Å². The van der Waals surface area contributed by atoms with Gasteiger partial charge in [0.1, 0.15) is 5.75 Å². The molecule has 6 nitrogen and oxygen atoms in total. The zero-order valence-electron chi connectivity index (χ0n) is 20.8. The summed E-state index contributed by atoms with van der Waals surface area (Å²) < 4.78 is 21.9. The summed E-state index contributed by atoms with van der Waals surface area (Å²) in [4.78, 5) is 4.90. The minimum Gasteiger partial charge on any atom is -0.497 e. The predicted octanol–water partition coefficient (Wildman–Crippen LogP) is 5.36. The van der Waals surface area contributed by atoms with Crippen LogP contribution in [0, 0.1) is 0 Å². The Kier molecular flexibility index (Phi) is 8.39. The van der Waals surface area contributed by atoms with Gasteiger partial charge >= 0.3 is 0 Å². The first-order chi connectivity index (χ1) is 17.1. The second kappa shape index (κ2) is 11.7. The molecule has 0 aliphatic carbocycles. The number of hydrogen-bond donors (Lipinski definition) is 0. The molecule has 4 rings (SSSR count). The van der Waals surface area contributed by atoms with E-state index >= 15 is 0 Å². The van der Waals surface area contributed by atoms with Gasteiger partial charge in [0.15, 0.2) is 11.5 Å². The topological polar surface area (TPSA) is 43.4 Å². The molecule has 186 valence electrons. The SMILES string of the molecule is COc1ccc(-c2ccc(Cl)c(CN3CCN(Cc4ccc(OC)c(OC)c4OC)CC3)c2)cc1. The molecule has 1 saturated heterocycles. The van der Waals surface area contributed by atoms with Gasteiger partial charge < -0.3 is 18.9 Å². The van der Waals surface area contributed by atoms with Crippen molar-refractivity contribution >= 4 is 11.6 Å². The van der Waals surface area contributed by atoms with Crippen molar-refractivity contribution in [1.29, 1.82) is 0 Å². The van der Waals surface area contributed by atoms with Gasteiger partial charge in [0.25, 0.3) is 0 Å². The molecule has 7 heteroatoms. The zero-order chi connectivity index (χ0) is 24.8. The van der Waals surface area contributed by atoms with E-state index in [9.17, 15) is 0 Å². The second-order valence-corrected chi connectivity index (χ2v) is 8.99. The van der Waals surface area contributed by atoms with Crippen LogP contribution in [-0.4, -0.2) is 64.4 Å². The molecule has 0 N–H and O–H groups in total. The van der Waals surface area contributed by atoms with E-state index in [0.717, 1.165) is 78.0 Å². The molecule has 0 amide bonds.